The highest BCUT2D eigenvalue weighted by molar-refractivity contribution is 6.33. The molecule has 0 N–H and O–H groups in total. The number of hydrogen-bond acceptors (Lipinski definition) is 1. The van der Waals surface area contributed by atoms with Crippen molar-refractivity contribution < 1.29 is 4.79 Å². The molecule has 1 nitrogen and oxygen atoms in total. The fraction of sp³-hybridized carbons (Fsp3) is 0.0455. The van der Waals surface area contributed by atoms with Gasteiger partial charge in [-0.3, -0.25) is 4.79 Å². The maximum absolute atomic E-state index is 11.0. The molecular formula is C22H13O. The van der Waals surface area contributed by atoms with Crippen LogP contribution in [-0.2, 0) is 11.2 Å². The molecule has 0 spiro atoms. The van der Waals surface area contributed by atoms with Crippen LogP contribution < -0.4 is 0 Å². The Labute approximate surface area is 133 Å². The van der Waals surface area contributed by atoms with Crippen LogP contribution in [0.4, 0.5) is 0 Å². The van der Waals surface area contributed by atoms with Crippen LogP contribution in [0, 0.1) is 0 Å². The molecule has 0 aliphatic carbocycles. The molecule has 5 rings (SSSR count). The van der Waals surface area contributed by atoms with Crippen molar-refractivity contribution in [2.24, 2.45) is 0 Å². The minimum atomic E-state index is 0.332. The van der Waals surface area contributed by atoms with Gasteiger partial charge in [-0.2, -0.15) is 0 Å². The Morgan fingerprint density at radius 2 is 1.22 bits per heavy atom. The Morgan fingerprint density at radius 1 is 0.609 bits per heavy atom. The highest BCUT2D eigenvalue weighted by Crippen LogP contribution is 2.41. The fourth-order valence-corrected chi connectivity index (χ4v) is 3.95. The van der Waals surface area contributed by atoms with Gasteiger partial charge < -0.3 is 0 Å². The lowest BCUT2D eigenvalue weighted by molar-refractivity contribution is 0.555. The van der Waals surface area contributed by atoms with Crippen molar-refractivity contribution in [1.82, 2.24) is 0 Å². The van der Waals surface area contributed by atoms with Crippen LogP contribution in [0.25, 0.3) is 43.1 Å². The smallest absolute Gasteiger partial charge is 0.203 e. The second-order valence-electron chi connectivity index (χ2n) is 6.03. The Hall–Kier alpha value is -2.93. The summed E-state index contributed by atoms with van der Waals surface area (Å²) in [6.07, 6.45) is 2.40. The SMILES string of the molecule is O=[C]Cc1ccc2cccc3c4cccc5cccc(c1c23)c54. The number of benzene rings is 5. The number of fused-ring (bicyclic) bond motifs is 2. The van der Waals surface area contributed by atoms with E-state index >= 15 is 0 Å². The second kappa shape index (κ2) is 4.53. The van der Waals surface area contributed by atoms with E-state index in [1.165, 1.54) is 43.1 Å². The minimum Gasteiger partial charge on any atom is -0.291 e. The van der Waals surface area contributed by atoms with Crippen molar-refractivity contribution in [3.63, 3.8) is 0 Å². The van der Waals surface area contributed by atoms with Gasteiger partial charge in [-0.15, -0.1) is 0 Å². The van der Waals surface area contributed by atoms with Gasteiger partial charge >= 0.3 is 0 Å². The zero-order chi connectivity index (χ0) is 15.4. The highest BCUT2D eigenvalue weighted by Gasteiger charge is 2.14. The van der Waals surface area contributed by atoms with Crippen LogP contribution in [0.2, 0.25) is 0 Å². The molecule has 0 fully saturated rings. The molecule has 0 atom stereocenters. The van der Waals surface area contributed by atoms with Crippen LogP contribution in [0.5, 0.6) is 0 Å². The van der Waals surface area contributed by atoms with Crippen molar-refractivity contribution in [1.29, 1.82) is 0 Å². The van der Waals surface area contributed by atoms with Crippen molar-refractivity contribution in [3.05, 3.63) is 72.3 Å². The molecule has 0 amide bonds. The highest BCUT2D eigenvalue weighted by atomic mass is 16.1. The summed E-state index contributed by atoms with van der Waals surface area (Å²) in [4.78, 5) is 11.0. The Bertz CT molecular complexity index is 1200. The molecule has 1 radical (unpaired) electrons. The molecular weight excluding hydrogens is 280 g/mol. The third-order valence-electron chi connectivity index (χ3n) is 4.86. The first kappa shape index (κ1) is 12.6. The first-order chi connectivity index (χ1) is 11.4. The second-order valence-corrected chi connectivity index (χ2v) is 6.03. The molecule has 0 aliphatic heterocycles. The molecule has 107 valence electrons. The predicted molar refractivity (Wildman–Crippen MR) is 97.0 cm³/mol. The van der Waals surface area contributed by atoms with Gasteiger partial charge in [0.25, 0.3) is 0 Å². The van der Waals surface area contributed by atoms with Crippen molar-refractivity contribution in [2.45, 2.75) is 6.42 Å². The van der Waals surface area contributed by atoms with Gasteiger partial charge in [0.05, 0.1) is 0 Å². The lowest BCUT2D eigenvalue weighted by Crippen LogP contribution is -1.93. The molecule has 0 bridgehead atoms. The van der Waals surface area contributed by atoms with E-state index in [1.54, 1.807) is 0 Å². The molecule has 0 heterocycles. The predicted octanol–water partition coefficient (Wildman–Crippen LogP) is 5.39. The zero-order valence-electron chi connectivity index (χ0n) is 12.5. The van der Waals surface area contributed by atoms with E-state index in [2.05, 4.69) is 73.0 Å². The van der Waals surface area contributed by atoms with Gasteiger partial charge in [-0.1, -0.05) is 66.7 Å². The van der Waals surface area contributed by atoms with Crippen LogP contribution in [-0.4, -0.2) is 6.29 Å². The first-order valence-electron chi connectivity index (χ1n) is 7.80. The van der Waals surface area contributed by atoms with Crippen molar-refractivity contribution >= 4 is 49.4 Å². The van der Waals surface area contributed by atoms with Gasteiger partial charge in [0, 0.05) is 6.42 Å². The van der Waals surface area contributed by atoms with Gasteiger partial charge in [-0.05, 0) is 48.7 Å². The van der Waals surface area contributed by atoms with E-state index in [1.807, 2.05) is 0 Å². The summed E-state index contributed by atoms with van der Waals surface area (Å²) in [5.41, 5.74) is 1.06. The Balaban J connectivity index is 2.22. The zero-order valence-corrected chi connectivity index (χ0v) is 12.5. The standard InChI is InChI=1S/C22H13O/c23-13-12-16-11-10-15-6-2-8-18-17-7-1-4-14-5-3-9-19(20(14)17)22(16)21(15)18/h1-11H,12H2. The van der Waals surface area contributed by atoms with Crippen LogP contribution in [0.1, 0.15) is 5.56 Å². The average Bonchev–Trinajstić information content (AvgIpc) is 2.60. The van der Waals surface area contributed by atoms with Crippen LogP contribution >= 0.6 is 0 Å². The molecule has 0 aromatic heterocycles. The summed E-state index contributed by atoms with van der Waals surface area (Å²) in [7, 11) is 0. The molecule has 5 aromatic carbocycles. The molecule has 1 heteroatoms. The maximum Gasteiger partial charge on any atom is 0.203 e. The van der Waals surface area contributed by atoms with Gasteiger partial charge in [0.15, 0.2) is 0 Å². The van der Waals surface area contributed by atoms with E-state index in [4.69, 9.17) is 0 Å². The number of carbonyl (C=O) groups excluding carboxylic acids is 1. The molecule has 0 saturated carbocycles. The molecule has 0 unspecified atom stereocenters. The fourth-order valence-electron chi connectivity index (χ4n) is 3.95. The van der Waals surface area contributed by atoms with Gasteiger partial charge in [0.2, 0.25) is 6.29 Å². The Morgan fingerprint density at radius 3 is 1.91 bits per heavy atom. The van der Waals surface area contributed by atoms with Crippen molar-refractivity contribution in [3.8, 4) is 0 Å². The van der Waals surface area contributed by atoms with E-state index in [0.29, 0.717) is 6.42 Å². The minimum absolute atomic E-state index is 0.332. The van der Waals surface area contributed by atoms with Crippen molar-refractivity contribution in [2.75, 3.05) is 0 Å². The summed E-state index contributed by atoms with van der Waals surface area (Å²) >= 11 is 0. The molecule has 23 heavy (non-hydrogen) atoms. The van der Waals surface area contributed by atoms with Crippen LogP contribution in [0.3, 0.4) is 0 Å². The topological polar surface area (TPSA) is 17.1 Å². The quantitative estimate of drug-likeness (QED) is 0.315. The normalized spacial score (nSPS) is 11.8. The van der Waals surface area contributed by atoms with E-state index in [-0.39, 0.29) is 0 Å². The summed E-state index contributed by atoms with van der Waals surface area (Å²) in [6, 6.07) is 23.5. The van der Waals surface area contributed by atoms with Gasteiger partial charge in [-0.25, -0.2) is 0 Å². The molecule has 0 saturated heterocycles. The number of rotatable bonds is 2. The van der Waals surface area contributed by atoms with Crippen LogP contribution in [0.15, 0.2) is 66.7 Å². The van der Waals surface area contributed by atoms with E-state index < -0.39 is 0 Å². The summed E-state index contributed by atoms with van der Waals surface area (Å²) in [6.45, 7) is 0. The lowest BCUT2D eigenvalue weighted by Gasteiger charge is -2.16. The third kappa shape index (κ3) is 1.59. The maximum atomic E-state index is 11.0. The Kier molecular flexibility index (Phi) is 2.48. The largest absolute Gasteiger partial charge is 0.291 e. The lowest BCUT2D eigenvalue weighted by atomic mass is 9.87. The molecule has 5 aromatic rings. The average molecular weight is 293 g/mol. The third-order valence-corrected chi connectivity index (χ3v) is 4.86. The monoisotopic (exact) mass is 293 g/mol. The number of hydrogen-bond donors (Lipinski definition) is 0. The summed E-state index contributed by atoms with van der Waals surface area (Å²) in [5.74, 6) is 0. The summed E-state index contributed by atoms with van der Waals surface area (Å²) in [5, 5.41) is 9.97. The van der Waals surface area contributed by atoms with E-state index in [0.717, 1.165) is 5.56 Å². The first-order valence-corrected chi connectivity index (χ1v) is 7.80. The van der Waals surface area contributed by atoms with E-state index in [9.17, 15) is 4.79 Å². The summed E-state index contributed by atoms with van der Waals surface area (Å²) < 4.78 is 0. The van der Waals surface area contributed by atoms with Gasteiger partial charge in [0.1, 0.15) is 0 Å². The molecule has 0 aliphatic rings.